The number of nitrogens with one attached hydrogen (secondary N) is 2. The van der Waals surface area contributed by atoms with Gasteiger partial charge < -0.3 is 25.2 Å². The number of rotatable bonds is 10. The van der Waals surface area contributed by atoms with E-state index in [4.69, 9.17) is 9.47 Å². The second-order valence-corrected chi connectivity index (χ2v) is 7.87. The summed E-state index contributed by atoms with van der Waals surface area (Å²) >= 11 is 1.64. The Labute approximate surface area is 173 Å². The molecular formula is C19H25N3O6S. The molecule has 4 amide bonds. The van der Waals surface area contributed by atoms with Crippen LogP contribution in [-0.4, -0.2) is 65.3 Å². The molecule has 9 nitrogen and oxygen atoms in total. The lowest BCUT2D eigenvalue weighted by molar-refractivity contribution is -0.128. The predicted octanol–water partition coefficient (Wildman–Crippen LogP) is 0.846. The third-order valence-corrected chi connectivity index (χ3v) is 5.44. The molecule has 29 heavy (non-hydrogen) atoms. The molecular weight excluding hydrogens is 398 g/mol. The van der Waals surface area contributed by atoms with E-state index in [0.29, 0.717) is 17.9 Å². The molecule has 3 N–H and O–H groups in total. The molecule has 0 spiro atoms. The number of aliphatic hydroxyl groups excluding tert-OH is 1. The number of thioether (sulfide) groups is 1. The highest BCUT2D eigenvalue weighted by Gasteiger charge is 2.38. The fraction of sp³-hybridized carbons (Fsp3) is 0.526. The maximum atomic E-state index is 12.6. The molecule has 158 valence electrons. The van der Waals surface area contributed by atoms with Crippen LogP contribution in [0.15, 0.2) is 18.2 Å². The zero-order valence-electron chi connectivity index (χ0n) is 16.2. The Hall–Kier alpha value is -2.46. The van der Waals surface area contributed by atoms with E-state index in [1.54, 1.807) is 30.0 Å². The fourth-order valence-electron chi connectivity index (χ4n) is 3.19. The Morgan fingerprint density at radius 2 is 2.17 bits per heavy atom. The minimum absolute atomic E-state index is 0.0876. The molecule has 0 saturated carbocycles. The molecule has 1 fully saturated rings. The Kier molecular flexibility index (Phi) is 7.21. The van der Waals surface area contributed by atoms with E-state index in [9.17, 15) is 19.5 Å². The van der Waals surface area contributed by atoms with Gasteiger partial charge in [0.05, 0.1) is 19.2 Å². The number of amides is 4. The van der Waals surface area contributed by atoms with Crippen LogP contribution < -0.4 is 20.1 Å². The molecule has 10 heteroatoms. The van der Waals surface area contributed by atoms with Gasteiger partial charge in [0.1, 0.15) is 6.04 Å². The van der Waals surface area contributed by atoms with E-state index in [1.807, 2.05) is 6.26 Å². The van der Waals surface area contributed by atoms with Crippen LogP contribution in [0, 0.1) is 0 Å². The fourth-order valence-corrected chi connectivity index (χ4v) is 3.71. The first-order chi connectivity index (χ1) is 14.0. The molecule has 3 rings (SSSR count). The quantitative estimate of drug-likeness (QED) is 0.478. The molecule has 2 atom stereocenters. The number of nitrogens with zero attached hydrogens (tertiary/aromatic N) is 1. The number of carbonyl (C=O) groups excluding carboxylic acids is 3. The molecule has 0 bridgehead atoms. The van der Waals surface area contributed by atoms with Crippen molar-refractivity contribution in [3.8, 4) is 11.5 Å². The SMILES string of the molecule is CSCC[C@@H](CO)NC(=O)CC[C@H]1NC(=O)N(Cc2ccc3c(c2)OCO3)C1=O. The topological polar surface area (TPSA) is 117 Å². The van der Waals surface area contributed by atoms with E-state index >= 15 is 0 Å². The van der Waals surface area contributed by atoms with Crippen molar-refractivity contribution in [3.05, 3.63) is 23.8 Å². The van der Waals surface area contributed by atoms with Crippen LogP contribution in [0.4, 0.5) is 4.79 Å². The maximum absolute atomic E-state index is 12.6. The Bertz CT molecular complexity index is 774. The normalized spacial score (nSPS) is 18.7. The smallest absolute Gasteiger partial charge is 0.325 e. The molecule has 2 aliphatic rings. The van der Waals surface area contributed by atoms with Crippen molar-refractivity contribution in [2.45, 2.75) is 37.9 Å². The van der Waals surface area contributed by atoms with E-state index in [2.05, 4.69) is 10.6 Å². The van der Waals surface area contributed by atoms with Crippen molar-refractivity contribution in [2.75, 3.05) is 25.4 Å². The summed E-state index contributed by atoms with van der Waals surface area (Å²) in [4.78, 5) is 38.1. The molecule has 2 heterocycles. The Balaban J connectivity index is 1.50. The number of benzene rings is 1. The van der Waals surface area contributed by atoms with E-state index in [0.717, 1.165) is 16.2 Å². The number of imide groups is 1. The highest BCUT2D eigenvalue weighted by Crippen LogP contribution is 2.33. The minimum Gasteiger partial charge on any atom is -0.454 e. The van der Waals surface area contributed by atoms with Crippen LogP contribution in [0.3, 0.4) is 0 Å². The van der Waals surface area contributed by atoms with Gasteiger partial charge in [0.25, 0.3) is 5.91 Å². The first kappa shape index (κ1) is 21.3. The van der Waals surface area contributed by atoms with Crippen LogP contribution >= 0.6 is 11.8 Å². The van der Waals surface area contributed by atoms with Gasteiger partial charge in [-0.1, -0.05) is 6.07 Å². The molecule has 2 aliphatic heterocycles. The molecule has 0 aliphatic carbocycles. The second kappa shape index (κ2) is 9.84. The van der Waals surface area contributed by atoms with E-state index < -0.39 is 12.1 Å². The summed E-state index contributed by atoms with van der Waals surface area (Å²) in [7, 11) is 0. The number of urea groups is 1. The summed E-state index contributed by atoms with van der Waals surface area (Å²) in [5, 5.41) is 14.7. The van der Waals surface area contributed by atoms with Gasteiger partial charge in [0.15, 0.2) is 11.5 Å². The Morgan fingerprint density at radius 3 is 2.93 bits per heavy atom. The lowest BCUT2D eigenvalue weighted by atomic mass is 10.1. The van der Waals surface area contributed by atoms with Gasteiger partial charge in [-0.3, -0.25) is 14.5 Å². The monoisotopic (exact) mass is 423 g/mol. The van der Waals surface area contributed by atoms with Gasteiger partial charge in [0.2, 0.25) is 12.7 Å². The lowest BCUT2D eigenvalue weighted by Crippen LogP contribution is -2.39. The van der Waals surface area contributed by atoms with Crippen LogP contribution in [-0.2, 0) is 16.1 Å². The maximum Gasteiger partial charge on any atom is 0.325 e. The Morgan fingerprint density at radius 1 is 1.38 bits per heavy atom. The minimum atomic E-state index is -0.735. The van der Waals surface area contributed by atoms with Crippen molar-refractivity contribution in [2.24, 2.45) is 0 Å². The van der Waals surface area contributed by atoms with Gasteiger partial charge in [-0.05, 0) is 42.5 Å². The first-order valence-corrected chi connectivity index (χ1v) is 10.8. The van der Waals surface area contributed by atoms with Crippen molar-refractivity contribution in [3.63, 3.8) is 0 Å². The molecule has 0 radical (unpaired) electrons. The van der Waals surface area contributed by atoms with Crippen molar-refractivity contribution in [1.82, 2.24) is 15.5 Å². The number of hydrogen-bond acceptors (Lipinski definition) is 7. The zero-order valence-corrected chi connectivity index (χ0v) is 17.0. The van der Waals surface area contributed by atoms with Crippen molar-refractivity contribution in [1.29, 1.82) is 0 Å². The van der Waals surface area contributed by atoms with Gasteiger partial charge in [-0.25, -0.2) is 4.79 Å². The van der Waals surface area contributed by atoms with E-state index in [-0.39, 0.29) is 50.6 Å². The molecule has 1 aromatic carbocycles. The summed E-state index contributed by atoms with van der Waals surface area (Å²) in [6, 6.07) is 3.75. The first-order valence-electron chi connectivity index (χ1n) is 9.41. The van der Waals surface area contributed by atoms with Crippen LogP contribution in [0.2, 0.25) is 0 Å². The molecule has 0 unspecified atom stereocenters. The highest BCUT2D eigenvalue weighted by molar-refractivity contribution is 7.98. The molecule has 0 aromatic heterocycles. The van der Waals surface area contributed by atoms with Crippen molar-refractivity contribution < 1.29 is 29.0 Å². The van der Waals surface area contributed by atoms with E-state index in [1.165, 1.54) is 0 Å². The number of fused-ring (bicyclic) bond motifs is 1. The van der Waals surface area contributed by atoms with Gasteiger partial charge in [0, 0.05) is 6.42 Å². The van der Waals surface area contributed by atoms with Gasteiger partial charge in [-0.15, -0.1) is 0 Å². The third kappa shape index (κ3) is 5.33. The van der Waals surface area contributed by atoms with Gasteiger partial charge in [-0.2, -0.15) is 11.8 Å². The number of ether oxygens (including phenoxy) is 2. The lowest BCUT2D eigenvalue weighted by Gasteiger charge is -2.16. The number of carbonyl (C=O) groups is 3. The highest BCUT2D eigenvalue weighted by atomic mass is 32.2. The van der Waals surface area contributed by atoms with Crippen LogP contribution in [0.1, 0.15) is 24.8 Å². The summed E-state index contributed by atoms with van der Waals surface area (Å²) in [5.74, 6) is 1.44. The molecule has 1 saturated heterocycles. The zero-order chi connectivity index (χ0) is 20.8. The number of aliphatic hydroxyl groups is 1. The summed E-state index contributed by atoms with van der Waals surface area (Å²) in [6.07, 6.45) is 2.92. The molecule has 1 aromatic rings. The third-order valence-electron chi connectivity index (χ3n) is 4.80. The summed E-state index contributed by atoms with van der Waals surface area (Å²) in [6.45, 7) is 0.139. The second-order valence-electron chi connectivity index (χ2n) is 6.88. The summed E-state index contributed by atoms with van der Waals surface area (Å²) < 4.78 is 10.6. The standard InChI is InChI=1S/C19H25N3O6S/c1-29-7-6-13(10-23)20-17(24)5-3-14-18(25)22(19(26)21-14)9-12-2-4-15-16(8-12)28-11-27-15/h2,4,8,13-14,23H,3,5-7,9-11H2,1H3,(H,20,24)(H,21,26)/t13-,14+/m0/s1. The van der Waals surface area contributed by atoms with Gasteiger partial charge >= 0.3 is 6.03 Å². The van der Waals surface area contributed by atoms with Crippen LogP contribution in [0.25, 0.3) is 0 Å². The number of hydrogen-bond donors (Lipinski definition) is 3. The average molecular weight is 423 g/mol. The van der Waals surface area contributed by atoms with Crippen LogP contribution in [0.5, 0.6) is 11.5 Å². The average Bonchev–Trinajstić information content (AvgIpc) is 3.28. The summed E-state index contributed by atoms with van der Waals surface area (Å²) in [5.41, 5.74) is 0.746. The van der Waals surface area contributed by atoms with Crippen molar-refractivity contribution >= 4 is 29.6 Å². The predicted molar refractivity (Wildman–Crippen MR) is 107 cm³/mol. The largest absolute Gasteiger partial charge is 0.454 e.